The fourth-order valence-electron chi connectivity index (χ4n) is 3.09. The SMILES string of the molecule is CCC(CC)Nc1nc2ccccc2nc1N.CCC(N)CC.Nc1nc2ccccc2nc1Cl. The largest absolute Gasteiger partial charge is 0.381 e. The summed E-state index contributed by atoms with van der Waals surface area (Å²) in [6.45, 7) is 8.50. The topological polar surface area (TPSA) is 142 Å². The molecule has 8 nitrogen and oxygen atoms in total. The first kappa shape index (κ1) is 28.0. The van der Waals surface area contributed by atoms with E-state index in [0.717, 1.165) is 47.8 Å². The van der Waals surface area contributed by atoms with Crippen LogP contribution in [0.3, 0.4) is 0 Å². The summed E-state index contributed by atoms with van der Waals surface area (Å²) in [5.74, 6) is 1.43. The third-order valence-corrected chi connectivity index (χ3v) is 5.80. The molecule has 0 saturated carbocycles. The van der Waals surface area contributed by atoms with Crippen molar-refractivity contribution in [3.05, 3.63) is 53.7 Å². The molecule has 7 N–H and O–H groups in total. The van der Waals surface area contributed by atoms with Gasteiger partial charge in [-0.05, 0) is 49.9 Å². The number of aromatic nitrogens is 4. The second-order valence-electron chi connectivity index (χ2n) is 8.07. The van der Waals surface area contributed by atoms with E-state index in [1.807, 2.05) is 48.5 Å². The molecule has 188 valence electrons. The third-order valence-electron chi connectivity index (χ3n) is 5.53. The van der Waals surface area contributed by atoms with Crippen molar-refractivity contribution in [2.75, 3.05) is 16.8 Å². The van der Waals surface area contributed by atoms with Gasteiger partial charge in [-0.25, -0.2) is 19.9 Å². The van der Waals surface area contributed by atoms with E-state index in [4.69, 9.17) is 28.8 Å². The minimum Gasteiger partial charge on any atom is -0.381 e. The average Bonchev–Trinajstić information content (AvgIpc) is 2.88. The van der Waals surface area contributed by atoms with E-state index < -0.39 is 0 Å². The number of benzene rings is 2. The van der Waals surface area contributed by atoms with Crippen molar-refractivity contribution in [3.63, 3.8) is 0 Å². The number of nitrogens with zero attached hydrogens (tertiary/aromatic N) is 4. The Hall–Kier alpha value is -3.23. The minimum atomic E-state index is 0.258. The molecule has 4 rings (SSSR count). The van der Waals surface area contributed by atoms with Gasteiger partial charge < -0.3 is 22.5 Å². The van der Waals surface area contributed by atoms with Crippen LogP contribution >= 0.6 is 11.6 Å². The maximum absolute atomic E-state index is 5.91. The first-order chi connectivity index (χ1) is 16.8. The van der Waals surface area contributed by atoms with E-state index in [1.54, 1.807) is 0 Å². The van der Waals surface area contributed by atoms with E-state index in [9.17, 15) is 0 Å². The molecule has 0 saturated heterocycles. The molecule has 2 heterocycles. The normalized spacial score (nSPS) is 10.6. The molecule has 0 unspecified atom stereocenters. The molecule has 0 fully saturated rings. The number of hydrogen-bond acceptors (Lipinski definition) is 8. The first-order valence-electron chi connectivity index (χ1n) is 12.0. The van der Waals surface area contributed by atoms with Crippen LogP contribution in [-0.4, -0.2) is 32.0 Å². The highest BCUT2D eigenvalue weighted by atomic mass is 35.5. The maximum Gasteiger partial charge on any atom is 0.171 e. The Labute approximate surface area is 212 Å². The number of hydrogen-bond donors (Lipinski definition) is 4. The molecule has 0 radical (unpaired) electrons. The molecule has 2 aromatic carbocycles. The smallest absolute Gasteiger partial charge is 0.171 e. The van der Waals surface area contributed by atoms with Gasteiger partial charge in [0.2, 0.25) is 0 Å². The fourth-order valence-corrected chi connectivity index (χ4v) is 3.22. The van der Waals surface area contributed by atoms with E-state index in [0.29, 0.717) is 23.7 Å². The van der Waals surface area contributed by atoms with E-state index >= 15 is 0 Å². The summed E-state index contributed by atoms with van der Waals surface area (Å²) in [4.78, 5) is 17.0. The Kier molecular flexibility index (Phi) is 11.4. The van der Waals surface area contributed by atoms with E-state index in [2.05, 4.69) is 52.9 Å². The fraction of sp³-hybridized carbons (Fsp3) is 0.385. The highest BCUT2D eigenvalue weighted by Gasteiger charge is 2.09. The van der Waals surface area contributed by atoms with Gasteiger partial charge in [0.1, 0.15) is 0 Å². The van der Waals surface area contributed by atoms with Crippen LogP contribution in [0.4, 0.5) is 17.5 Å². The van der Waals surface area contributed by atoms with Crippen LogP contribution < -0.4 is 22.5 Å². The summed E-state index contributed by atoms with van der Waals surface area (Å²) in [5, 5.41) is 3.60. The molecule has 0 amide bonds. The predicted molar refractivity (Wildman–Crippen MR) is 149 cm³/mol. The van der Waals surface area contributed by atoms with Gasteiger partial charge in [-0.15, -0.1) is 0 Å². The van der Waals surface area contributed by atoms with Crippen molar-refractivity contribution in [1.82, 2.24) is 19.9 Å². The molecule has 0 aliphatic heterocycles. The number of fused-ring (bicyclic) bond motifs is 2. The quantitative estimate of drug-likeness (QED) is 0.262. The number of para-hydroxylation sites is 4. The summed E-state index contributed by atoms with van der Waals surface area (Å²) in [5.41, 5.74) is 20.1. The molecule has 4 aromatic rings. The number of nitrogen functional groups attached to an aromatic ring is 2. The zero-order valence-electron chi connectivity index (χ0n) is 21.0. The summed E-state index contributed by atoms with van der Waals surface area (Å²) < 4.78 is 0. The number of anilines is 3. The molecule has 35 heavy (non-hydrogen) atoms. The average molecular weight is 497 g/mol. The molecule has 0 aliphatic rings. The molecule has 2 aromatic heterocycles. The van der Waals surface area contributed by atoms with Crippen molar-refractivity contribution in [2.24, 2.45) is 5.73 Å². The molecule has 0 aliphatic carbocycles. The van der Waals surface area contributed by atoms with Gasteiger partial charge in [0.05, 0.1) is 22.1 Å². The molecule has 0 spiro atoms. The van der Waals surface area contributed by atoms with Gasteiger partial charge in [0, 0.05) is 12.1 Å². The van der Waals surface area contributed by atoms with Gasteiger partial charge >= 0.3 is 0 Å². The number of halogens is 1. The maximum atomic E-state index is 5.91. The Morgan fingerprint density at radius 3 is 1.54 bits per heavy atom. The van der Waals surface area contributed by atoms with Gasteiger partial charge in [-0.2, -0.15) is 0 Å². The highest BCUT2D eigenvalue weighted by Crippen LogP contribution is 2.20. The summed E-state index contributed by atoms with van der Waals surface area (Å²) in [6, 6.07) is 16.0. The van der Waals surface area contributed by atoms with Crippen LogP contribution in [0.25, 0.3) is 22.1 Å². The lowest BCUT2D eigenvalue weighted by molar-refractivity contribution is 0.629. The number of nitrogens with two attached hydrogens (primary N) is 3. The predicted octanol–water partition coefficient (Wildman–Crippen LogP) is 5.81. The molecular formula is C26H37ClN8. The van der Waals surface area contributed by atoms with Crippen LogP contribution in [0.2, 0.25) is 5.15 Å². The molecular weight excluding hydrogens is 460 g/mol. The Morgan fingerprint density at radius 2 is 1.11 bits per heavy atom. The standard InChI is InChI=1S/C13H18N4.C8H6ClN3.C5H13N/c1-3-9(4-2)15-13-12(14)16-10-7-5-6-8-11(10)17-13;9-7-8(10)12-6-4-2-1-3-5(6)11-7;1-3-5(6)4-2/h5-9H,3-4H2,1-2H3,(H2,14,16)(H,15,17);1-4H,(H2,10,12);5H,3-4,6H2,1-2H3. The van der Waals surface area contributed by atoms with Gasteiger partial charge in [0.15, 0.2) is 22.6 Å². The number of nitrogens with one attached hydrogen (secondary N) is 1. The van der Waals surface area contributed by atoms with Gasteiger partial charge in [-0.3, -0.25) is 0 Å². The van der Waals surface area contributed by atoms with Gasteiger partial charge in [-0.1, -0.05) is 63.6 Å². The Morgan fingerprint density at radius 1 is 0.686 bits per heavy atom. The van der Waals surface area contributed by atoms with Crippen LogP contribution in [-0.2, 0) is 0 Å². The second kappa shape index (κ2) is 14.2. The van der Waals surface area contributed by atoms with Crippen LogP contribution in [0.15, 0.2) is 48.5 Å². The molecule has 0 bridgehead atoms. The van der Waals surface area contributed by atoms with Crippen LogP contribution in [0.1, 0.15) is 53.4 Å². The van der Waals surface area contributed by atoms with Crippen LogP contribution in [0.5, 0.6) is 0 Å². The van der Waals surface area contributed by atoms with Crippen molar-refractivity contribution in [3.8, 4) is 0 Å². The lowest BCUT2D eigenvalue weighted by atomic mass is 10.2. The monoisotopic (exact) mass is 496 g/mol. The summed E-state index contributed by atoms with van der Waals surface area (Å²) >= 11 is 5.69. The summed E-state index contributed by atoms with van der Waals surface area (Å²) in [7, 11) is 0. The van der Waals surface area contributed by atoms with Crippen LogP contribution in [0, 0.1) is 0 Å². The van der Waals surface area contributed by atoms with Crippen molar-refractivity contribution in [1.29, 1.82) is 0 Å². The second-order valence-corrected chi connectivity index (χ2v) is 8.43. The Balaban J connectivity index is 0.000000209. The van der Waals surface area contributed by atoms with E-state index in [-0.39, 0.29) is 11.0 Å². The lowest BCUT2D eigenvalue weighted by Crippen LogP contribution is -2.19. The van der Waals surface area contributed by atoms with Crippen molar-refractivity contribution in [2.45, 2.75) is 65.5 Å². The Bertz CT molecular complexity index is 1150. The van der Waals surface area contributed by atoms with Crippen molar-refractivity contribution >= 4 is 51.1 Å². The zero-order chi connectivity index (χ0) is 25.8. The first-order valence-corrected chi connectivity index (χ1v) is 12.4. The minimum absolute atomic E-state index is 0.258. The van der Waals surface area contributed by atoms with Gasteiger partial charge in [0.25, 0.3) is 0 Å². The summed E-state index contributed by atoms with van der Waals surface area (Å²) in [6.07, 6.45) is 4.31. The van der Waals surface area contributed by atoms with E-state index in [1.165, 1.54) is 0 Å². The highest BCUT2D eigenvalue weighted by molar-refractivity contribution is 6.31. The number of rotatable bonds is 6. The molecule has 0 atom stereocenters. The lowest BCUT2D eigenvalue weighted by Gasteiger charge is -2.16. The zero-order valence-corrected chi connectivity index (χ0v) is 21.8. The third kappa shape index (κ3) is 8.49. The molecule has 9 heteroatoms. The van der Waals surface area contributed by atoms with Crippen molar-refractivity contribution < 1.29 is 0 Å².